The van der Waals surface area contributed by atoms with Gasteiger partial charge in [0.2, 0.25) is 0 Å². The Labute approximate surface area is 132 Å². The molecule has 0 spiro atoms. The lowest BCUT2D eigenvalue weighted by Crippen LogP contribution is -2.41. The molecule has 1 aromatic heterocycles. The summed E-state index contributed by atoms with van der Waals surface area (Å²) in [5.41, 5.74) is 1.28. The van der Waals surface area contributed by atoms with Crippen LogP contribution in [0.5, 0.6) is 0 Å². The number of halogens is 2. The van der Waals surface area contributed by atoms with E-state index in [9.17, 15) is 4.39 Å². The fraction of sp³-hybridized carbons (Fsp3) is 0.312. The van der Waals surface area contributed by atoms with Crippen molar-refractivity contribution in [2.75, 3.05) is 0 Å². The first kappa shape index (κ1) is 13.5. The van der Waals surface area contributed by atoms with Crippen LogP contribution in [0.15, 0.2) is 46.5 Å². The molecular weight excluding hydrogens is 303 g/mol. The van der Waals surface area contributed by atoms with Crippen LogP contribution < -0.4 is 0 Å². The Balaban J connectivity index is 1.78. The Morgan fingerprint density at radius 3 is 2.86 bits per heavy atom. The summed E-state index contributed by atoms with van der Waals surface area (Å²) in [6.07, 6.45) is 8.59. The van der Waals surface area contributed by atoms with E-state index in [0.717, 1.165) is 24.2 Å². The summed E-state index contributed by atoms with van der Waals surface area (Å²) >= 11 is 5.95. The predicted molar refractivity (Wildman–Crippen MR) is 81.1 cm³/mol. The maximum absolute atomic E-state index is 13.7. The van der Waals surface area contributed by atoms with Crippen LogP contribution in [0.1, 0.15) is 24.0 Å². The largest absolute Gasteiger partial charge is 0.344 e. The summed E-state index contributed by atoms with van der Waals surface area (Å²) in [5.74, 6) is 0.348. The minimum atomic E-state index is -0.424. The van der Waals surface area contributed by atoms with Gasteiger partial charge in [-0.1, -0.05) is 11.6 Å². The number of nitriles is 1. The molecule has 3 aliphatic rings. The van der Waals surface area contributed by atoms with Gasteiger partial charge in [-0.25, -0.2) is 4.39 Å². The molecule has 4 rings (SSSR count). The average molecular weight is 315 g/mol. The highest BCUT2D eigenvalue weighted by molar-refractivity contribution is 6.31. The monoisotopic (exact) mass is 314 g/mol. The minimum absolute atomic E-state index is 0.0553. The molecule has 1 aliphatic heterocycles. The van der Waals surface area contributed by atoms with Crippen molar-refractivity contribution in [2.45, 2.75) is 31.0 Å². The Morgan fingerprint density at radius 2 is 2.14 bits per heavy atom. The van der Waals surface area contributed by atoms with Gasteiger partial charge in [0.25, 0.3) is 0 Å². The molecule has 2 unspecified atom stereocenters. The van der Waals surface area contributed by atoms with Gasteiger partial charge in [0.15, 0.2) is 0 Å². The second-order valence-corrected chi connectivity index (χ2v) is 6.08. The molecule has 22 heavy (non-hydrogen) atoms. The fourth-order valence-electron chi connectivity index (χ4n) is 2.98. The first-order valence-electron chi connectivity index (χ1n) is 7.14. The van der Waals surface area contributed by atoms with E-state index in [1.807, 2.05) is 0 Å². The van der Waals surface area contributed by atoms with Gasteiger partial charge in [-0.2, -0.15) is 5.26 Å². The summed E-state index contributed by atoms with van der Waals surface area (Å²) in [6, 6.07) is 3.92. The van der Waals surface area contributed by atoms with Gasteiger partial charge >= 0.3 is 0 Å². The minimum Gasteiger partial charge on any atom is -0.344 e. The normalized spacial score (nSPS) is 26.8. The lowest BCUT2D eigenvalue weighted by atomic mass is 10.0. The topological polar surface area (TPSA) is 52.3 Å². The number of aliphatic imine (C=N–C) groups is 1. The first-order valence-corrected chi connectivity index (χ1v) is 7.52. The zero-order valence-corrected chi connectivity index (χ0v) is 12.3. The molecule has 2 heterocycles. The van der Waals surface area contributed by atoms with E-state index in [4.69, 9.17) is 16.9 Å². The van der Waals surface area contributed by atoms with Gasteiger partial charge in [-0.15, -0.1) is 0 Å². The van der Waals surface area contributed by atoms with E-state index < -0.39 is 5.83 Å². The number of fused-ring (bicyclic) bond motifs is 1. The van der Waals surface area contributed by atoms with Crippen LogP contribution in [0.3, 0.4) is 0 Å². The number of amidine groups is 1. The molecule has 110 valence electrons. The molecule has 1 aromatic rings. The molecule has 0 amide bonds. The molecular formula is C16H12ClFN4. The second-order valence-electron chi connectivity index (χ2n) is 5.68. The molecule has 6 heteroatoms. The Bertz CT molecular complexity index is 773. The van der Waals surface area contributed by atoms with Crippen molar-refractivity contribution in [2.24, 2.45) is 4.99 Å². The number of hydrogen-bond donors (Lipinski definition) is 0. The summed E-state index contributed by atoms with van der Waals surface area (Å²) < 4.78 is 13.7. The Morgan fingerprint density at radius 1 is 1.32 bits per heavy atom. The number of hydrogen-bond acceptors (Lipinski definition) is 4. The highest BCUT2D eigenvalue weighted by atomic mass is 35.5. The molecule has 0 aromatic carbocycles. The molecule has 4 nitrogen and oxygen atoms in total. The molecule has 2 atom stereocenters. The third kappa shape index (κ3) is 2.11. The van der Waals surface area contributed by atoms with Crippen molar-refractivity contribution in [3.63, 3.8) is 0 Å². The Hall–Kier alpha value is -2.19. The lowest BCUT2D eigenvalue weighted by Gasteiger charge is -2.29. The zero-order chi connectivity index (χ0) is 15.3. The molecule has 2 aliphatic carbocycles. The first-order chi connectivity index (χ1) is 10.7. The van der Waals surface area contributed by atoms with Crippen molar-refractivity contribution < 1.29 is 4.39 Å². The predicted octanol–water partition coefficient (Wildman–Crippen LogP) is 2.90. The molecule has 1 saturated carbocycles. The SMILES string of the molecule is N#Cc1cncc(C2=NC3C=C(F)C(Cl)=CC3N2C2CC2)c1. The maximum atomic E-state index is 13.7. The van der Waals surface area contributed by atoms with E-state index in [1.165, 1.54) is 12.3 Å². The standard InChI is InChI=1S/C16H12ClFN4/c17-12-4-15-14(5-13(12)18)21-16(22(15)11-1-2-11)10-3-9(6-19)7-20-8-10/h3-5,7-8,11,14-15H,1-2H2. The van der Waals surface area contributed by atoms with Crippen molar-refractivity contribution in [1.29, 1.82) is 5.26 Å². The van der Waals surface area contributed by atoms with Crippen LogP contribution >= 0.6 is 11.6 Å². The highest BCUT2D eigenvalue weighted by Gasteiger charge is 2.44. The summed E-state index contributed by atoms with van der Waals surface area (Å²) in [4.78, 5) is 10.9. The molecule has 0 bridgehead atoms. The number of aromatic nitrogens is 1. The van der Waals surface area contributed by atoms with E-state index in [0.29, 0.717) is 11.6 Å². The zero-order valence-electron chi connectivity index (χ0n) is 11.6. The van der Waals surface area contributed by atoms with Crippen LogP contribution in [0.4, 0.5) is 4.39 Å². The average Bonchev–Trinajstić information content (AvgIpc) is 3.30. The molecule has 1 fully saturated rings. The quantitative estimate of drug-likeness (QED) is 0.843. The summed E-state index contributed by atoms with van der Waals surface area (Å²) in [5, 5.41) is 9.18. The van der Waals surface area contributed by atoms with Crippen molar-refractivity contribution in [1.82, 2.24) is 9.88 Å². The third-order valence-electron chi connectivity index (χ3n) is 4.12. The van der Waals surface area contributed by atoms with Crippen LogP contribution in [-0.4, -0.2) is 33.8 Å². The maximum Gasteiger partial charge on any atom is 0.139 e. The molecule has 0 saturated heterocycles. The van der Waals surface area contributed by atoms with Crippen LogP contribution in [0.2, 0.25) is 0 Å². The number of allylic oxidation sites excluding steroid dienone is 2. The number of rotatable bonds is 2. The molecule has 0 radical (unpaired) electrons. The summed E-state index contributed by atoms with van der Waals surface area (Å²) in [6.45, 7) is 0. The number of pyridine rings is 1. The highest BCUT2D eigenvalue weighted by Crippen LogP contribution is 2.39. The van der Waals surface area contributed by atoms with Gasteiger partial charge in [0, 0.05) is 24.0 Å². The van der Waals surface area contributed by atoms with Gasteiger partial charge in [-0.3, -0.25) is 9.98 Å². The van der Waals surface area contributed by atoms with Crippen LogP contribution in [0.25, 0.3) is 0 Å². The number of nitrogens with zero attached hydrogens (tertiary/aromatic N) is 4. The van der Waals surface area contributed by atoms with Crippen molar-refractivity contribution >= 4 is 17.4 Å². The van der Waals surface area contributed by atoms with E-state index in [2.05, 4.69) is 20.9 Å². The third-order valence-corrected chi connectivity index (χ3v) is 4.42. The van der Waals surface area contributed by atoms with Gasteiger partial charge in [0.05, 0.1) is 22.7 Å². The van der Waals surface area contributed by atoms with Crippen LogP contribution in [0, 0.1) is 11.3 Å². The van der Waals surface area contributed by atoms with E-state index in [1.54, 1.807) is 18.3 Å². The Kier molecular flexibility index (Phi) is 3.02. The van der Waals surface area contributed by atoms with Crippen molar-refractivity contribution in [3.05, 3.63) is 52.6 Å². The summed E-state index contributed by atoms with van der Waals surface area (Å²) in [7, 11) is 0. The second kappa shape index (κ2) is 4.92. The molecule has 0 N–H and O–H groups in total. The smallest absolute Gasteiger partial charge is 0.139 e. The van der Waals surface area contributed by atoms with Crippen molar-refractivity contribution in [3.8, 4) is 6.07 Å². The fourth-order valence-corrected chi connectivity index (χ4v) is 3.17. The van der Waals surface area contributed by atoms with Gasteiger partial charge in [0.1, 0.15) is 17.7 Å². The van der Waals surface area contributed by atoms with E-state index >= 15 is 0 Å². The van der Waals surface area contributed by atoms with Crippen LogP contribution in [-0.2, 0) is 0 Å². The van der Waals surface area contributed by atoms with Gasteiger partial charge < -0.3 is 4.90 Å². The van der Waals surface area contributed by atoms with Gasteiger partial charge in [-0.05, 0) is 31.1 Å². The lowest BCUT2D eigenvalue weighted by molar-refractivity contribution is 0.356. The van der Waals surface area contributed by atoms with E-state index in [-0.39, 0.29) is 17.1 Å².